The first-order valence-corrected chi connectivity index (χ1v) is 11.3. The van der Waals surface area contributed by atoms with Crippen LogP contribution in [-0.4, -0.2) is 25.8 Å². The molecule has 0 saturated heterocycles. The molecule has 0 bridgehead atoms. The molecule has 0 N–H and O–H groups in total. The molecule has 0 heterocycles. The number of carbonyl (C=O) groups excluding carboxylic acids is 2. The average Bonchev–Trinajstić information content (AvgIpc) is 2.90. The highest BCUT2D eigenvalue weighted by Crippen LogP contribution is 2.18. The number of carbonyl (C=O) groups is 2. The second-order valence-electron chi connectivity index (χ2n) is 8.28. The maximum atomic E-state index is 12.3. The first-order chi connectivity index (χ1) is 16.8. The molecule has 35 heavy (non-hydrogen) atoms. The summed E-state index contributed by atoms with van der Waals surface area (Å²) in [6, 6.07) is 27.7. The van der Waals surface area contributed by atoms with E-state index in [1.54, 1.807) is 62.8 Å². The van der Waals surface area contributed by atoms with Crippen molar-refractivity contribution in [2.45, 2.75) is 20.8 Å². The van der Waals surface area contributed by atoms with E-state index in [-0.39, 0.29) is 11.6 Å². The topological polar surface area (TPSA) is 52.6 Å². The Kier molecular flexibility index (Phi) is 8.58. The molecule has 4 rings (SSSR count). The normalized spacial score (nSPS) is 10.1. The summed E-state index contributed by atoms with van der Waals surface area (Å²) in [6.07, 6.45) is 0. The molecule has 4 heteroatoms. The monoisotopic (exact) mass is 466 g/mol. The fraction of sp³-hybridized carbons (Fsp3) is 0.161. The zero-order chi connectivity index (χ0) is 25.4. The number of rotatable bonds is 6. The van der Waals surface area contributed by atoms with Crippen molar-refractivity contribution in [2.75, 3.05) is 14.2 Å². The van der Waals surface area contributed by atoms with Crippen LogP contribution in [0.25, 0.3) is 0 Å². The smallest absolute Gasteiger partial charge is 0.193 e. The quantitative estimate of drug-likeness (QED) is 0.294. The van der Waals surface area contributed by atoms with E-state index in [9.17, 15) is 9.59 Å². The van der Waals surface area contributed by atoms with Crippen LogP contribution in [0.4, 0.5) is 0 Å². The molecule has 4 aromatic carbocycles. The third-order valence-electron chi connectivity index (χ3n) is 5.79. The molecule has 0 spiro atoms. The van der Waals surface area contributed by atoms with Crippen LogP contribution in [0.2, 0.25) is 0 Å². The van der Waals surface area contributed by atoms with Crippen molar-refractivity contribution in [3.8, 4) is 11.5 Å². The van der Waals surface area contributed by atoms with Gasteiger partial charge in [-0.15, -0.1) is 0 Å². The third-order valence-corrected chi connectivity index (χ3v) is 5.79. The van der Waals surface area contributed by atoms with E-state index < -0.39 is 0 Å². The molecule has 0 aliphatic rings. The summed E-state index contributed by atoms with van der Waals surface area (Å²) in [5.41, 5.74) is 6.27. The Bertz CT molecular complexity index is 1290. The van der Waals surface area contributed by atoms with Gasteiger partial charge >= 0.3 is 0 Å². The van der Waals surface area contributed by atoms with Crippen molar-refractivity contribution < 1.29 is 19.1 Å². The van der Waals surface area contributed by atoms with Gasteiger partial charge in [0.1, 0.15) is 11.5 Å². The summed E-state index contributed by atoms with van der Waals surface area (Å²) in [5.74, 6) is 1.59. The molecule has 4 aromatic rings. The lowest BCUT2D eigenvalue weighted by Crippen LogP contribution is -2.02. The fourth-order valence-electron chi connectivity index (χ4n) is 3.41. The van der Waals surface area contributed by atoms with Gasteiger partial charge < -0.3 is 9.47 Å². The Labute approximate surface area is 207 Å². The Morgan fingerprint density at radius 1 is 0.486 bits per heavy atom. The minimum absolute atomic E-state index is 0.0349. The minimum atomic E-state index is 0.0349. The van der Waals surface area contributed by atoms with Gasteiger partial charge in [-0.3, -0.25) is 9.59 Å². The van der Waals surface area contributed by atoms with Gasteiger partial charge in [-0.25, -0.2) is 0 Å². The average molecular weight is 467 g/mol. The maximum absolute atomic E-state index is 12.3. The second-order valence-corrected chi connectivity index (χ2v) is 8.28. The van der Waals surface area contributed by atoms with Crippen LogP contribution < -0.4 is 9.47 Å². The van der Waals surface area contributed by atoms with Crippen LogP contribution in [0.3, 0.4) is 0 Å². The van der Waals surface area contributed by atoms with Gasteiger partial charge in [-0.1, -0.05) is 42.0 Å². The van der Waals surface area contributed by atoms with Gasteiger partial charge in [-0.2, -0.15) is 0 Å². The Hall–Kier alpha value is -4.18. The van der Waals surface area contributed by atoms with Gasteiger partial charge in [0, 0.05) is 22.3 Å². The second kappa shape index (κ2) is 11.8. The Morgan fingerprint density at radius 2 is 0.857 bits per heavy atom. The highest BCUT2D eigenvalue weighted by atomic mass is 16.5. The van der Waals surface area contributed by atoms with Crippen LogP contribution in [0.5, 0.6) is 11.5 Å². The van der Waals surface area contributed by atoms with Gasteiger partial charge in [-0.05, 0) is 86.5 Å². The van der Waals surface area contributed by atoms with Crippen molar-refractivity contribution in [2.24, 2.45) is 0 Å². The highest BCUT2D eigenvalue weighted by molar-refractivity contribution is 6.09. The van der Waals surface area contributed by atoms with Gasteiger partial charge in [0.2, 0.25) is 0 Å². The van der Waals surface area contributed by atoms with Crippen LogP contribution >= 0.6 is 0 Å². The Morgan fingerprint density at radius 3 is 1.26 bits per heavy atom. The molecular weight excluding hydrogens is 436 g/mol. The number of ketones is 2. The molecule has 4 nitrogen and oxygen atoms in total. The third kappa shape index (κ3) is 6.67. The molecule has 0 atom stereocenters. The largest absolute Gasteiger partial charge is 0.497 e. The van der Waals surface area contributed by atoms with Crippen molar-refractivity contribution in [1.29, 1.82) is 0 Å². The van der Waals surface area contributed by atoms with Crippen LogP contribution in [0.15, 0.2) is 91.0 Å². The van der Waals surface area contributed by atoms with E-state index >= 15 is 0 Å². The predicted molar refractivity (Wildman–Crippen MR) is 140 cm³/mol. The number of hydrogen-bond acceptors (Lipinski definition) is 4. The van der Waals surface area contributed by atoms with Crippen LogP contribution in [0, 0.1) is 20.8 Å². The molecule has 0 saturated carbocycles. The summed E-state index contributed by atoms with van der Waals surface area (Å²) >= 11 is 0. The summed E-state index contributed by atoms with van der Waals surface area (Å²) < 4.78 is 10.1. The SMILES string of the molecule is COc1ccc(C(=O)c2ccc(C)c(C)c2)cc1.COc1ccc(C(=O)c2ccc(C)cc2)cc1. The molecule has 0 amide bonds. The number of methoxy groups -OCH3 is 2. The number of hydrogen-bond donors (Lipinski definition) is 0. The highest BCUT2D eigenvalue weighted by Gasteiger charge is 2.10. The predicted octanol–water partition coefficient (Wildman–Crippen LogP) is 6.78. The fourth-order valence-corrected chi connectivity index (χ4v) is 3.41. The summed E-state index contributed by atoms with van der Waals surface area (Å²) in [6.45, 7) is 6.05. The summed E-state index contributed by atoms with van der Waals surface area (Å²) in [4.78, 5) is 24.4. The van der Waals surface area contributed by atoms with Crippen molar-refractivity contribution in [3.63, 3.8) is 0 Å². The molecule has 178 valence electrons. The van der Waals surface area contributed by atoms with Crippen molar-refractivity contribution in [1.82, 2.24) is 0 Å². The van der Waals surface area contributed by atoms with Crippen molar-refractivity contribution >= 4 is 11.6 Å². The minimum Gasteiger partial charge on any atom is -0.497 e. The number of benzene rings is 4. The first-order valence-electron chi connectivity index (χ1n) is 11.3. The maximum Gasteiger partial charge on any atom is 0.193 e. The van der Waals surface area contributed by atoms with E-state index in [2.05, 4.69) is 0 Å². The standard InChI is InChI=1S/C16H16O2.C15H14O2/c1-11-4-5-14(10-12(11)2)16(17)13-6-8-15(18-3)9-7-13;1-11-3-5-12(6-4-11)15(16)13-7-9-14(17-2)10-8-13/h4-10H,1-3H3;3-10H,1-2H3. The van der Waals surface area contributed by atoms with Crippen LogP contribution in [0.1, 0.15) is 48.5 Å². The van der Waals surface area contributed by atoms with Crippen LogP contribution in [-0.2, 0) is 0 Å². The molecule has 0 fully saturated rings. The zero-order valence-corrected chi connectivity index (χ0v) is 20.8. The summed E-state index contributed by atoms with van der Waals surface area (Å²) in [5, 5.41) is 0. The lowest BCUT2D eigenvalue weighted by molar-refractivity contribution is 0.103. The lowest BCUT2D eigenvalue weighted by atomic mass is 9.99. The zero-order valence-electron chi connectivity index (χ0n) is 20.8. The number of aryl methyl sites for hydroxylation is 3. The molecule has 0 aliphatic carbocycles. The van der Waals surface area contributed by atoms with E-state index in [1.807, 2.05) is 63.2 Å². The van der Waals surface area contributed by atoms with E-state index in [1.165, 1.54) is 5.56 Å². The van der Waals surface area contributed by atoms with E-state index in [0.717, 1.165) is 28.2 Å². The van der Waals surface area contributed by atoms with Gasteiger partial charge in [0.15, 0.2) is 11.6 Å². The van der Waals surface area contributed by atoms with E-state index in [4.69, 9.17) is 9.47 Å². The summed E-state index contributed by atoms with van der Waals surface area (Å²) in [7, 11) is 3.22. The molecular formula is C31H30O4. The molecule has 0 radical (unpaired) electrons. The molecule has 0 unspecified atom stereocenters. The van der Waals surface area contributed by atoms with E-state index in [0.29, 0.717) is 16.7 Å². The lowest BCUT2D eigenvalue weighted by Gasteiger charge is -2.05. The number of ether oxygens (including phenoxy) is 2. The van der Waals surface area contributed by atoms with Gasteiger partial charge in [0.05, 0.1) is 14.2 Å². The first kappa shape index (κ1) is 25.4. The Balaban J connectivity index is 0.000000196. The van der Waals surface area contributed by atoms with Crippen molar-refractivity contribution in [3.05, 3.63) is 130 Å². The molecule has 0 aliphatic heterocycles. The molecule has 0 aromatic heterocycles. The van der Waals surface area contributed by atoms with Gasteiger partial charge in [0.25, 0.3) is 0 Å².